The highest BCUT2D eigenvalue weighted by Gasteiger charge is 2.21. The summed E-state index contributed by atoms with van der Waals surface area (Å²) >= 11 is 1.07. The zero-order valence-electron chi connectivity index (χ0n) is 15.6. The molecule has 1 aromatic heterocycles. The summed E-state index contributed by atoms with van der Waals surface area (Å²) in [6, 6.07) is 5.47. The second-order valence-electron chi connectivity index (χ2n) is 6.47. The molecule has 28 heavy (non-hydrogen) atoms. The number of anilines is 1. The molecule has 0 saturated carbocycles. The summed E-state index contributed by atoms with van der Waals surface area (Å²) in [5, 5.41) is 2.93. The third-order valence-corrected chi connectivity index (χ3v) is 5.04. The van der Waals surface area contributed by atoms with Crippen molar-refractivity contribution in [3.63, 3.8) is 0 Å². The van der Waals surface area contributed by atoms with Crippen molar-refractivity contribution in [1.82, 2.24) is 14.1 Å². The summed E-state index contributed by atoms with van der Waals surface area (Å²) in [6.07, 6.45) is 0. The van der Waals surface area contributed by atoms with Gasteiger partial charge in [0, 0.05) is 13.1 Å². The van der Waals surface area contributed by atoms with Crippen LogP contribution in [0.4, 0.5) is 5.82 Å². The molecule has 1 atom stereocenters. The van der Waals surface area contributed by atoms with Crippen molar-refractivity contribution < 1.29 is 23.7 Å². The molecule has 1 saturated heterocycles. The summed E-state index contributed by atoms with van der Waals surface area (Å²) in [7, 11) is 0. The van der Waals surface area contributed by atoms with Crippen molar-refractivity contribution in [2.24, 2.45) is 0 Å². The number of carbonyl (C=O) groups is 1. The number of fused-ring (bicyclic) bond motifs is 1. The maximum atomic E-state index is 12.3. The molecule has 9 nitrogen and oxygen atoms in total. The van der Waals surface area contributed by atoms with Gasteiger partial charge in [0.1, 0.15) is 13.2 Å². The predicted octanol–water partition coefficient (Wildman–Crippen LogP) is 1.40. The molecule has 3 heterocycles. The first-order chi connectivity index (χ1) is 13.7. The number of nitrogens with one attached hydrogen (secondary N) is 1. The molecule has 1 fully saturated rings. The number of hydrogen-bond donors (Lipinski definition) is 1. The quantitative estimate of drug-likeness (QED) is 0.769. The number of rotatable bonds is 6. The number of carbonyl (C=O) groups excluding carboxylic acids is 1. The molecule has 1 aromatic carbocycles. The van der Waals surface area contributed by atoms with Gasteiger partial charge in [0.25, 0.3) is 11.8 Å². The lowest BCUT2D eigenvalue weighted by atomic mass is 10.1. The molecule has 1 unspecified atom stereocenters. The smallest absolute Gasteiger partial charge is 0.271 e. The molecule has 150 valence electrons. The number of morpholine rings is 1. The van der Waals surface area contributed by atoms with Crippen molar-refractivity contribution in [3.05, 3.63) is 23.8 Å². The molecule has 2 aliphatic heterocycles. The average Bonchev–Trinajstić information content (AvgIpc) is 3.21. The lowest BCUT2D eigenvalue weighted by molar-refractivity contribution is -0.123. The van der Waals surface area contributed by atoms with E-state index in [1.165, 1.54) is 0 Å². The highest BCUT2D eigenvalue weighted by Crippen LogP contribution is 2.32. The van der Waals surface area contributed by atoms with E-state index in [0.717, 1.165) is 36.1 Å². The Labute approximate surface area is 166 Å². The van der Waals surface area contributed by atoms with Crippen LogP contribution in [0.5, 0.6) is 17.4 Å². The Morgan fingerprint density at radius 1 is 1.21 bits per heavy atom. The van der Waals surface area contributed by atoms with Gasteiger partial charge in [-0.2, -0.15) is 4.37 Å². The van der Waals surface area contributed by atoms with Crippen LogP contribution in [0.25, 0.3) is 0 Å². The van der Waals surface area contributed by atoms with Crippen LogP contribution in [0.3, 0.4) is 0 Å². The monoisotopic (exact) mass is 406 g/mol. The van der Waals surface area contributed by atoms with Crippen LogP contribution in [0.1, 0.15) is 18.5 Å². The summed E-state index contributed by atoms with van der Waals surface area (Å²) in [6.45, 7) is 5.61. The van der Waals surface area contributed by atoms with Crippen LogP contribution in [-0.2, 0) is 9.53 Å². The van der Waals surface area contributed by atoms with E-state index in [4.69, 9.17) is 18.9 Å². The fraction of sp³-hybridized carbons (Fsp3) is 0.500. The van der Waals surface area contributed by atoms with E-state index in [9.17, 15) is 4.79 Å². The Morgan fingerprint density at radius 3 is 2.82 bits per heavy atom. The summed E-state index contributed by atoms with van der Waals surface area (Å²) in [4.78, 5) is 14.4. The normalized spacial score (nSPS) is 17.1. The van der Waals surface area contributed by atoms with Crippen LogP contribution in [0.15, 0.2) is 18.2 Å². The van der Waals surface area contributed by atoms with Crippen LogP contribution in [0, 0.1) is 0 Å². The molecule has 0 radical (unpaired) electrons. The third kappa shape index (κ3) is 4.28. The highest BCUT2D eigenvalue weighted by molar-refractivity contribution is 6.99. The molecule has 4 rings (SSSR count). The molecule has 2 aromatic rings. The Morgan fingerprint density at radius 2 is 2.00 bits per heavy atom. The van der Waals surface area contributed by atoms with Gasteiger partial charge in [-0.05, 0) is 24.6 Å². The van der Waals surface area contributed by atoms with Gasteiger partial charge in [0.15, 0.2) is 18.1 Å². The van der Waals surface area contributed by atoms with E-state index in [1.807, 2.05) is 25.1 Å². The Hall–Kier alpha value is -2.59. The molecule has 1 N–H and O–H groups in total. The van der Waals surface area contributed by atoms with Crippen LogP contribution >= 0.6 is 11.7 Å². The van der Waals surface area contributed by atoms with Gasteiger partial charge < -0.3 is 29.2 Å². The number of amides is 1. The summed E-state index contributed by atoms with van der Waals surface area (Å²) in [5.41, 5.74) is 0.932. The summed E-state index contributed by atoms with van der Waals surface area (Å²) in [5.74, 6) is 2.24. The van der Waals surface area contributed by atoms with E-state index in [2.05, 4.69) is 19.0 Å². The maximum Gasteiger partial charge on any atom is 0.271 e. The third-order valence-electron chi connectivity index (χ3n) is 4.54. The van der Waals surface area contributed by atoms with E-state index in [1.54, 1.807) is 0 Å². The van der Waals surface area contributed by atoms with Gasteiger partial charge >= 0.3 is 0 Å². The van der Waals surface area contributed by atoms with Crippen molar-refractivity contribution in [2.75, 3.05) is 51.0 Å². The highest BCUT2D eigenvalue weighted by atomic mass is 32.1. The zero-order chi connectivity index (χ0) is 19.3. The first-order valence-electron chi connectivity index (χ1n) is 9.17. The van der Waals surface area contributed by atoms with Crippen LogP contribution < -0.4 is 24.4 Å². The summed E-state index contributed by atoms with van der Waals surface area (Å²) < 4.78 is 30.5. The molecule has 0 aliphatic carbocycles. The van der Waals surface area contributed by atoms with Gasteiger partial charge in [-0.3, -0.25) is 4.79 Å². The van der Waals surface area contributed by atoms with E-state index in [0.29, 0.717) is 43.9 Å². The number of nitrogens with zero attached hydrogens (tertiary/aromatic N) is 3. The molecular formula is C18H22N4O5S. The molecule has 10 heteroatoms. The fourth-order valence-corrected chi connectivity index (χ4v) is 3.58. The molecule has 2 aliphatic rings. The van der Waals surface area contributed by atoms with Crippen molar-refractivity contribution in [3.8, 4) is 17.4 Å². The number of ether oxygens (including phenoxy) is 4. The van der Waals surface area contributed by atoms with E-state index < -0.39 is 0 Å². The van der Waals surface area contributed by atoms with Crippen LogP contribution in [-0.4, -0.2) is 60.8 Å². The first kappa shape index (κ1) is 18.8. The van der Waals surface area contributed by atoms with Gasteiger partial charge in [-0.25, -0.2) is 0 Å². The molecular weight excluding hydrogens is 384 g/mol. The minimum Gasteiger partial charge on any atom is -0.486 e. The minimum atomic E-state index is -0.233. The van der Waals surface area contributed by atoms with Gasteiger partial charge in [0.2, 0.25) is 5.82 Å². The fourth-order valence-electron chi connectivity index (χ4n) is 3.06. The largest absolute Gasteiger partial charge is 0.486 e. The van der Waals surface area contributed by atoms with Crippen LogP contribution in [0.2, 0.25) is 0 Å². The maximum absolute atomic E-state index is 12.3. The predicted molar refractivity (Wildman–Crippen MR) is 102 cm³/mol. The molecule has 0 spiro atoms. The Kier molecular flexibility index (Phi) is 5.77. The average molecular weight is 406 g/mol. The standard InChI is InChI=1S/C18H22N4O5S/c1-12(13-2-3-14-15(10-13)26-9-8-25-14)19-16(23)11-27-18-17(20-28-21-18)22-4-6-24-7-5-22/h2-3,10,12H,4-9,11H2,1H3,(H,19,23). The lowest BCUT2D eigenvalue weighted by Crippen LogP contribution is -2.37. The van der Waals surface area contributed by atoms with Gasteiger partial charge in [-0.1, -0.05) is 6.07 Å². The SMILES string of the molecule is CC(NC(=O)COc1nsnc1N1CCOCC1)c1ccc2c(c1)OCCO2. The minimum absolute atomic E-state index is 0.127. The number of aromatic nitrogens is 2. The van der Waals surface area contributed by atoms with E-state index in [-0.39, 0.29) is 18.6 Å². The lowest BCUT2D eigenvalue weighted by Gasteiger charge is -2.26. The zero-order valence-corrected chi connectivity index (χ0v) is 16.4. The van der Waals surface area contributed by atoms with Gasteiger partial charge in [0.05, 0.1) is 31.0 Å². The van der Waals surface area contributed by atoms with E-state index >= 15 is 0 Å². The van der Waals surface area contributed by atoms with Crippen molar-refractivity contribution >= 4 is 23.5 Å². The van der Waals surface area contributed by atoms with Crippen molar-refractivity contribution in [2.45, 2.75) is 13.0 Å². The second kappa shape index (κ2) is 8.61. The number of benzene rings is 1. The van der Waals surface area contributed by atoms with Gasteiger partial charge in [-0.15, -0.1) is 4.37 Å². The molecule has 0 bridgehead atoms. The first-order valence-corrected chi connectivity index (χ1v) is 9.90. The topological polar surface area (TPSA) is 95.0 Å². The molecule has 1 amide bonds. The van der Waals surface area contributed by atoms with Crippen molar-refractivity contribution in [1.29, 1.82) is 0 Å². The Bertz CT molecular complexity index is 824. The number of hydrogen-bond acceptors (Lipinski definition) is 9. The second-order valence-corrected chi connectivity index (χ2v) is 7.00. The Balaban J connectivity index is 1.32.